The number of alkyl halides is 1. The molecule has 6 heteroatoms. The molecule has 0 aliphatic heterocycles. The third kappa shape index (κ3) is 2.60. The van der Waals surface area contributed by atoms with E-state index in [0.717, 1.165) is 21.0 Å². The SMILES string of the molecule is Nc1nc(NC2CCC(I)CC2)c2c3c(sc2n1)CCC3. The average molecular weight is 414 g/mol. The molecule has 0 amide bonds. The van der Waals surface area contributed by atoms with Gasteiger partial charge in [0.15, 0.2) is 0 Å². The van der Waals surface area contributed by atoms with E-state index in [1.165, 1.54) is 54.4 Å². The Balaban J connectivity index is 1.70. The van der Waals surface area contributed by atoms with Crippen molar-refractivity contribution in [1.29, 1.82) is 0 Å². The molecule has 1 fully saturated rings. The van der Waals surface area contributed by atoms with Crippen molar-refractivity contribution in [3.63, 3.8) is 0 Å². The molecule has 4 nitrogen and oxygen atoms in total. The van der Waals surface area contributed by atoms with Gasteiger partial charge in [0, 0.05) is 14.8 Å². The molecule has 2 aromatic rings. The molecule has 0 atom stereocenters. The van der Waals surface area contributed by atoms with E-state index in [4.69, 9.17) is 5.73 Å². The van der Waals surface area contributed by atoms with E-state index in [0.29, 0.717) is 12.0 Å². The largest absolute Gasteiger partial charge is 0.368 e. The molecule has 2 aliphatic rings. The molecule has 0 spiro atoms. The van der Waals surface area contributed by atoms with Gasteiger partial charge in [-0.2, -0.15) is 4.98 Å². The second kappa shape index (κ2) is 5.53. The number of rotatable bonds is 2. The zero-order valence-corrected chi connectivity index (χ0v) is 14.8. The predicted octanol–water partition coefficient (Wildman–Crippen LogP) is 3.92. The van der Waals surface area contributed by atoms with Crippen LogP contribution in [0, 0.1) is 0 Å². The fourth-order valence-electron chi connectivity index (χ4n) is 3.51. The number of hydrogen-bond acceptors (Lipinski definition) is 5. The number of aromatic nitrogens is 2. The maximum atomic E-state index is 5.91. The van der Waals surface area contributed by atoms with Gasteiger partial charge in [-0.25, -0.2) is 4.98 Å². The van der Waals surface area contributed by atoms with Crippen LogP contribution < -0.4 is 11.1 Å². The zero-order chi connectivity index (χ0) is 14.4. The van der Waals surface area contributed by atoms with Gasteiger partial charge in [-0.05, 0) is 50.5 Å². The third-order valence-corrected chi connectivity index (χ3v) is 7.01. The molecule has 0 bridgehead atoms. The van der Waals surface area contributed by atoms with Crippen LogP contribution in [0.1, 0.15) is 42.5 Å². The van der Waals surface area contributed by atoms with Gasteiger partial charge in [0.05, 0.1) is 5.39 Å². The van der Waals surface area contributed by atoms with Crippen LogP contribution >= 0.6 is 33.9 Å². The van der Waals surface area contributed by atoms with Crippen molar-refractivity contribution in [2.75, 3.05) is 11.1 Å². The topological polar surface area (TPSA) is 63.8 Å². The molecule has 0 aromatic carbocycles. The quantitative estimate of drug-likeness (QED) is 0.578. The van der Waals surface area contributed by atoms with E-state index in [-0.39, 0.29) is 0 Å². The van der Waals surface area contributed by atoms with Gasteiger partial charge < -0.3 is 11.1 Å². The summed E-state index contributed by atoms with van der Waals surface area (Å²) in [4.78, 5) is 11.5. The summed E-state index contributed by atoms with van der Waals surface area (Å²) in [5, 5.41) is 4.92. The maximum Gasteiger partial charge on any atom is 0.223 e. The number of nitrogens with zero attached hydrogens (tertiary/aromatic N) is 2. The third-order valence-electron chi connectivity index (χ3n) is 4.58. The molecule has 112 valence electrons. The molecular weight excluding hydrogens is 395 g/mol. The van der Waals surface area contributed by atoms with E-state index >= 15 is 0 Å². The Hall–Kier alpha value is -0.630. The summed E-state index contributed by atoms with van der Waals surface area (Å²) in [6, 6.07) is 0.533. The number of nitrogens with one attached hydrogen (secondary N) is 1. The van der Waals surface area contributed by atoms with Crippen LogP contribution in [-0.2, 0) is 12.8 Å². The minimum atomic E-state index is 0.396. The molecule has 2 heterocycles. The Bertz CT molecular complexity index is 676. The summed E-state index contributed by atoms with van der Waals surface area (Å²) in [7, 11) is 0. The lowest BCUT2D eigenvalue weighted by Gasteiger charge is -2.26. The average Bonchev–Trinajstić information content (AvgIpc) is 3.01. The highest BCUT2D eigenvalue weighted by Gasteiger charge is 2.24. The van der Waals surface area contributed by atoms with Crippen LogP contribution in [0.15, 0.2) is 0 Å². The number of anilines is 2. The van der Waals surface area contributed by atoms with Gasteiger partial charge in [0.25, 0.3) is 0 Å². The summed E-state index contributed by atoms with van der Waals surface area (Å²) < 4.78 is 0.835. The van der Waals surface area contributed by atoms with E-state index in [2.05, 4.69) is 37.9 Å². The van der Waals surface area contributed by atoms with E-state index in [1.54, 1.807) is 11.3 Å². The van der Waals surface area contributed by atoms with Crippen LogP contribution in [0.4, 0.5) is 11.8 Å². The van der Waals surface area contributed by atoms with Crippen molar-refractivity contribution < 1.29 is 0 Å². The van der Waals surface area contributed by atoms with Crippen molar-refractivity contribution in [2.45, 2.75) is 54.9 Å². The molecular formula is C15H19IN4S. The summed E-state index contributed by atoms with van der Waals surface area (Å²) in [5.74, 6) is 1.38. The second-order valence-electron chi connectivity index (χ2n) is 6.06. The van der Waals surface area contributed by atoms with Crippen molar-refractivity contribution in [1.82, 2.24) is 9.97 Å². The number of thiophene rings is 1. The van der Waals surface area contributed by atoms with Crippen LogP contribution in [0.5, 0.6) is 0 Å². The van der Waals surface area contributed by atoms with Gasteiger partial charge in [0.2, 0.25) is 5.95 Å². The van der Waals surface area contributed by atoms with Crippen LogP contribution in [0.2, 0.25) is 0 Å². The van der Waals surface area contributed by atoms with Crippen molar-refractivity contribution >= 4 is 55.9 Å². The molecule has 0 unspecified atom stereocenters. The molecule has 0 saturated heterocycles. The highest BCUT2D eigenvalue weighted by atomic mass is 127. The Morgan fingerprint density at radius 1 is 1.14 bits per heavy atom. The van der Waals surface area contributed by atoms with E-state index < -0.39 is 0 Å². The second-order valence-corrected chi connectivity index (χ2v) is 8.91. The number of aryl methyl sites for hydroxylation is 2. The molecule has 0 radical (unpaired) electrons. The molecule has 2 aliphatic carbocycles. The predicted molar refractivity (Wildman–Crippen MR) is 97.5 cm³/mol. The minimum absolute atomic E-state index is 0.396. The number of halogens is 1. The van der Waals surface area contributed by atoms with E-state index in [9.17, 15) is 0 Å². The molecule has 3 N–H and O–H groups in total. The highest BCUT2D eigenvalue weighted by Crippen LogP contribution is 2.40. The highest BCUT2D eigenvalue weighted by molar-refractivity contribution is 14.1. The lowest BCUT2D eigenvalue weighted by Crippen LogP contribution is -2.26. The van der Waals surface area contributed by atoms with Crippen molar-refractivity contribution in [2.24, 2.45) is 0 Å². The molecule has 2 aromatic heterocycles. The summed E-state index contributed by atoms with van der Waals surface area (Å²) in [6.45, 7) is 0. The standard InChI is InChI=1S/C15H19IN4S/c16-8-4-6-9(7-5-8)18-13-12-10-2-1-3-11(10)21-14(12)20-15(17)19-13/h8-9H,1-7H2,(H3,17,18,19,20). The lowest BCUT2D eigenvalue weighted by molar-refractivity contribution is 0.482. The molecule has 4 rings (SSSR count). The Labute approximate surface area is 142 Å². The van der Waals surface area contributed by atoms with Crippen LogP contribution in [-0.4, -0.2) is 19.9 Å². The first-order valence-corrected chi connectivity index (χ1v) is 9.75. The van der Waals surface area contributed by atoms with Crippen molar-refractivity contribution in [3.05, 3.63) is 10.4 Å². The van der Waals surface area contributed by atoms with Crippen LogP contribution in [0.3, 0.4) is 0 Å². The Kier molecular flexibility index (Phi) is 3.69. The van der Waals surface area contributed by atoms with E-state index in [1.807, 2.05) is 0 Å². The molecule has 21 heavy (non-hydrogen) atoms. The zero-order valence-electron chi connectivity index (χ0n) is 11.9. The maximum absolute atomic E-state index is 5.91. The number of nitrogen functional groups attached to an aromatic ring is 1. The summed E-state index contributed by atoms with van der Waals surface area (Å²) >= 11 is 4.37. The van der Waals surface area contributed by atoms with Gasteiger partial charge in [-0.3, -0.25) is 0 Å². The number of fused-ring (bicyclic) bond motifs is 3. The monoisotopic (exact) mass is 414 g/mol. The fourth-order valence-corrected chi connectivity index (χ4v) is 5.49. The lowest BCUT2D eigenvalue weighted by atomic mass is 9.95. The van der Waals surface area contributed by atoms with Gasteiger partial charge in [-0.15, -0.1) is 11.3 Å². The first-order chi connectivity index (χ1) is 10.2. The minimum Gasteiger partial charge on any atom is -0.368 e. The first-order valence-electron chi connectivity index (χ1n) is 7.69. The first kappa shape index (κ1) is 14.0. The van der Waals surface area contributed by atoms with Gasteiger partial charge in [-0.1, -0.05) is 22.6 Å². The number of hydrogen-bond donors (Lipinski definition) is 2. The van der Waals surface area contributed by atoms with Crippen LogP contribution in [0.25, 0.3) is 10.2 Å². The summed E-state index contributed by atoms with van der Waals surface area (Å²) in [5.41, 5.74) is 7.39. The fraction of sp³-hybridized carbons (Fsp3) is 0.600. The summed E-state index contributed by atoms with van der Waals surface area (Å²) in [6.07, 6.45) is 8.67. The van der Waals surface area contributed by atoms with Gasteiger partial charge >= 0.3 is 0 Å². The molecule has 1 saturated carbocycles. The van der Waals surface area contributed by atoms with Gasteiger partial charge in [0.1, 0.15) is 10.6 Å². The smallest absolute Gasteiger partial charge is 0.223 e. The van der Waals surface area contributed by atoms with Crippen molar-refractivity contribution in [3.8, 4) is 0 Å². The Morgan fingerprint density at radius 2 is 1.95 bits per heavy atom. The normalized spacial score (nSPS) is 25.2. The Morgan fingerprint density at radius 3 is 2.76 bits per heavy atom. The number of nitrogens with two attached hydrogens (primary N) is 1.